The van der Waals surface area contributed by atoms with Gasteiger partial charge in [0.1, 0.15) is 6.04 Å². The molecule has 0 aromatic heterocycles. The summed E-state index contributed by atoms with van der Waals surface area (Å²) in [6, 6.07) is 12.4. The maximum atomic E-state index is 13.3. The number of anilines is 1. The van der Waals surface area contributed by atoms with Crippen molar-refractivity contribution in [3.05, 3.63) is 63.6 Å². The molecule has 7 nitrogen and oxygen atoms in total. The van der Waals surface area contributed by atoms with E-state index in [-0.39, 0.29) is 37.4 Å². The van der Waals surface area contributed by atoms with Crippen LogP contribution in [0.15, 0.2) is 46.9 Å². The molecule has 0 saturated carbocycles. The highest BCUT2D eigenvalue weighted by molar-refractivity contribution is 9.10. The second-order valence-corrected chi connectivity index (χ2v) is 12.0. The first-order valence-electron chi connectivity index (χ1n) is 11.7. The standard InChI is InChI=1S/C26H36BrN3O4S/c1-18(2)28-26(32)21(5)29(17-22-12-14-23(27)15-13-22)25(31)11-8-16-30(35(6,33)34)24-10-7-9-19(3)20(24)4/h7,9-10,12-15,18,21H,8,11,16-17H2,1-6H3,(H,28,32)/t21-/m0/s1. The fourth-order valence-electron chi connectivity index (χ4n) is 3.76. The summed E-state index contributed by atoms with van der Waals surface area (Å²) in [4.78, 5) is 27.6. The number of sulfonamides is 1. The SMILES string of the molecule is Cc1cccc(N(CCCC(=O)N(Cc2ccc(Br)cc2)[C@@H](C)C(=O)NC(C)C)S(C)(=O)=O)c1C. The van der Waals surface area contributed by atoms with Crippen LogP contribution in [-0.2, 0) is 26.2 Å². The first-order chi connectivity index (χ1) is 16.3. The van der Waals surface area contributed by atoms with Crippen molar-refractivity contribution in [3.8, 4) is 0 Å². The van der Waals surface area contributed by atoms with Gasteiger partial charge in [0.15, 0.2) is 0 Å². The van der Waals surface area contributed by atoms with Crippen molar-refractivity contribution in [2.75, 3.05) is 17.1 Å². The number of benzene rings is 2. The van der Waals surface area contributed by atoms with Gasteiger partial charge in [0.25, 0.3) is 0 Å². The Bertz CT molecular complexity index is 1130. The molecule has 0 fully saturated rings. The van der Waals surface area contributed by atoms with Crippen LogP contribution in [0.5, 0.6) is 0 Å². The van der Waals surface area contributed by atoms with E-state index in [1.165, 1.54) is 10.6 Å². The number of rotatable bonds is 11. The molecule has 1 atom stereocenters. The Morgan fingerprint density at radius 2 is 1.66 bits per heavy atom. The van der Waals surface area contributed by atoms with Gasteiger partial charge in [-0.1, -0.05) is 40.2 Å². The van der Waals surface area contributed by atoms with Gasteiger partial charge in [-0.15, -0.1) is 0 Å². The predicted octanol–water partition coefficient (Wildman–Crippen LogP) is 4.55. The minimum atomic E-state index is -3.53. The molecular formula is C26H36BrN3O4S. The number of nitrogens with one attached hydrogen (secondary N) is 1. The van der Waals surface area contributed by atoms with Crippen LogP contribution in [0.4, 0.5) is 5.69 Å². The van der Waals surface area contributed by atoms with Crippen LogP contribution >= 0.6 is 15.9 Å². The summed E-state index contributed by atoms with van der Waals surface area (Å²) in [5, 5.41) is 2.87. The van der Waals surface area contributed by atoms with Crippen molar-refractivity contribution in [1.29, 1.82) is 0 Å². The van der Waals surface area contributed by atoms with E-state index in [2.05, 4.69) is 21.2 Å². The molecule has 0 radical (unpaired) electrons. The molecule has 192 valence electrons. The van der Waals surface area contributed by atoms with E-state index in [4.69, 9.17) is 0 Å². The van der Waals surface area contributed by atoms with E-state index in [1.54, 1.807) is 17.9 Å². The van der Waals surface area contributed by atoms with E-state index in [1.807, 2.05) is 64.1 Å². The first kappa shape index (κ1) is 28.8. The lowest BCUT2D eigenvalue weighted by Gasteiger charge is -2.30. The third kappa shape index (κ3) is 8.35. The summed E-state index contributed by atoms with van der Waals surface area (Å²) >= 11 is 3.41. The quantitative estimate of drug-likeness (QED) is 0.433. The maximum Gasteiger partial charge on any atom is 0.242 e. The molecule has 0 aliphatic carbocycles. The smallest absolute Gasteiger partial charge is 0.242 e. The molecule has 2 amide bonds. The Balaban J connectivity index is 2.20. The van der Waals surface area contributed by atoms with Gasteiger partial charge in [-0.3, -0.25) is 13.9 Å². The van der Waals surface area contributed by atoms with Crippen LogP contribution in [0.2, 0.25) is 0 Å². The van der Waals surface area contributed by atoms with Crippen LogP contribution in [0, 0.1) is 13.8 Å². The van der Waals surface area contributed by atoms with Crippen molar-refractivity contribution in [2.45, 2.75) is 66.1 Å². The zero-order valence-electron chi connectivity index (χ0n) is 21.3. The minimum Gasteiger partial charge on any atom is -0.352 e. The Morgan fingerprint density at radius 3 is 2.23 bits per heavy atom. The summed E-state index contributed by atoms with van der Waals surface area (Å²) < 4.78 is 27.4. The maximum absolute atomic E-state index is 13.3. The van der Waals surface area contributed by atoms with Crippen molar-refractivity contribution < 1.29 is 18.0 Å². The summed E-state index contributed by atoms with van der Waals surface area (Å²) in [5.74, 6) is -0.424. The fraction of sp³-hybridized carbons (Fsp3) is 0.462. The lowest BCUT2D eigenvalue weighted by Crippen LogP contribution is -2.49. The van der Waals surface area contributed by atoms with Gasteiger partial charge in [-0.05, 0) is 75.9 Å². The highest BCUT2D eigenvalue weighted by Crippen LogP contribution is 2.25. The van der Waals surface area contributed by atoms with E-state index < -0.39 is 16.1 Å². The van der Waals surface area contributed by atoms with Crippen LogP contribution < -0.4 is 9.62 Å². The van der Waals surface area contributed by atoms with Gasteiger partial charge in [0.2, 0.25) is 21.8 Å². The first-order valence-corrected chi connectivity index (χ1v) is 14.3. The molecule has 2 aromatic carbocycles. The Labute approximate surface area is 218 Å². The Kier molecular flexibility index (Phi) is 10.3. The number of halogens is 1. The number of hydrogen-bond donors (Lipinski definition) is 1. The van der Waals surface area contributed by atoms with Crippen LogP contribution in [0.1, 0.15) is 50.3 Å². The van der Waals surface area contributed by atoms with Crippen LogP contribution in [0.25, 0.3) is 0 Å². The van der Waals surface area contributed by atoms with Crippen LogP contribution in [-0.4, -0.2) is 50.0 Å². The molecule has 0 spiro atoms. The van der Waals surface area contributed by atoms with Crippen molar-refractivity contribution in [2.24, 2.45) is 0 Å². The highest BCUT2D eigenvalue weighted by Gasteiger charge is 2.27. The normalized spacial score (nSPS) is 12.3. The second kappa shape index (κ2) is 12.5. The molecular weight excluding hydrogens is 530 g/mol. The van der Waals surface area contributed by atoms with Crippen molar-refractivity contribution >= 4 is 43.5 Å². The third-order valence-corrected chi connectivity index (χ3v) is 7.57. The summed E-state index contributed by atoms with van der Waals surface area (Å²) in [7, 11) is -3.53. The third-order valence-electron chi connectivity index (χ3n) is 5.86. The number of carbonyl (C=O) groups is 2. The van der Waals surface area contributed by atoms with Crippen molar-refractivity contribution in [3.63, 3.8) is 0 Å². The minimum absolute atomic E-state index is 0.0459. The molecule has 2 aromatic rings. The van der Waals surface area contributed by atoms with Gasteiger partial charge >= 0.3 is 0 Å². The van der Waals surface area contributed by atoms with Gasteiger partial charge in [0, 0.05) is 30.0 Å². The molecule has 0 heterocycles. The van der Waals surface area contributed by atoms with Crippen molar-refractivity contribution in [1.82, 2.24) is 10.2 Å². The number of amides is 2. The number of hydrogen-bond acceptors (Lipinski definition) is 4. The van der Waals surface area contributed by atoms with Gasteiger partial charge in [0.05, 0.1) is 11.9 Å². The van der Waals surface area contributed by atoms with Gasteiger partial charge < -0.3 is 10.2 Å². The molecule has 2 rings (SSSR count). The molecule has 0 aliphatic heterocycles. The fourth-order valence-corrected chi connectivity index (χ4v) is 5.04. The van der Waals surface area contributed by atoms with Gasteiger partial charge in [-0.25, -0.2) is 8.42 Å². The van der Waals surface area contributed by atoms with E-state index in [0.29, 0.717) is 12.1 Å². The molecule has 0 bridgehead atoms. The monoisotopic (exact) mass is 565 g/mol. The van der Waals surface area contributed by atoms with Gasteiger partial charge in [-0.2, -0.15) is 0 Å². The number of aryl methyl sites for hydroxylation is 1. The lowest BCUT2D eigenvalue weighted by molar-refractivity contribution is -0.140. The molecule has 9 heteroatoms. The average molecular weight is 567 g/mol. The molecule has 1 N–H and O–H groups in total. The van der Waals surface area contributed by atoms with Crippen LogP contribution in [0.3, 0.4) is 0 Å². The Hall–Kier alpha value is -2.39. The number of nitrogens with zero attached hydrogens (tertiary/aromatic N) is 2. The molecule has 0 aliphatic rings. The molecule has 0 unspecified atom stereocenters. The summed E-state index contributed by atoms with van der Waals surface area (Å²) in [6.07, 6.45) is 1.62. The predicted molar refractivity (Wildman–Crippen MR) is 145 cm³/mol. The Morgan fingerprint density at radius 1 is 1.03 bits per heavy atom. The van der Waals surface area contributed by atoms with E-state index >= 15 is 0 Å². The topological polar surface area (TPSA) is 86.8 Å². The second-order valence-electron chi connectivity index (χ2n) is 9.15. The summed E-state index contributed by atoms with van der Waals surface area (Å²) in [5.41, 5.74) is 3.41. The zero-order chi connectivity index (χ0) is 26.3. The highest BCUT2D eigenvalue weighted by atomic mass is 79.9. The average Bonchev–Trinajstić information content (AvgIpc) is 2.76. The summed E-state index contributed by atoms with van der Waals surface area (Å²) in [6.45, 7) is 9.75. The molecule has 35 heavy (non-hydrogen) atoms. The van der Waals surface area contributed by atoms with E-state index in [0.717, 1.165) is 21.2 Å². The lowest BCUT2D eigenvalue weighted by atomic mass is 10.1. The number of carbonyl (C=O) groups excluding carboxylic acids is 2. The zero-order valence-corrected chi connectivity index (χ0v) is 23.7. The van der Waals surface area contributed by atoms with E-state index in [9.17, 15) is 18.0 Å². The largest absolute Gasteiger partial charge is 0.352 e. The molecule has 0 saturated heterocycles.